The predicted molar refractivity (Wildman–Crippen MR) is 505 cm³/mol. The Balaban J connectivity index is 0.000000111. The molecule has 0 N–H and O–H groups in total. The summed E-state index contributed by atoms with van der Waals surface area (Å²) in [4.78, 5) is 54.8. The van der Waals surface area contributed by atoms with Crippen molar-refractivity contribution in [3.8, 4) is 45.7 Å². The molecule has 0 unspecified atom stereocenters. The highest BCUT2D eigenvalue weighted by atomic mass is 16.6. The van der Waals surface area contributed by atoms with Gasteiger partial charge in [-0.1, -0.05) is 268 Å². The molecular weight excluding hydrogens is 1600 g/mol. The first-order chi connectivity index (χ1) is 62.6. The van der Waals surface area contributed by atoms with Crippen LogP contribution in [0, 0.1) is 0 Å². The van der Waals surface area contributed by atoms with Crippen LogP contribution in [0.2, 0.25) is 0 Å². The first-order valence-corrected chi connectivity index (χ1v) is 42.1. The zero-order chi connectivity index (χ0) is 87.6. The standard InChI is InChI=1S/2C29H22N2O3.C28H19NO3.C23H22N2O3/c1-30(2)29(32)34-28-24-15-8-18-31(24)26-22-13-6-4-10-20(22)16-17-25(26)33-27(28)23-14-7-11-19-9-3-5-12-21(19)23;1-30(2)29(32)34-28-24-15-8-18-31(24)25-17-16-20-10-4-6-13-22(20)26(25)33-27(28)23-14-7-11-19-9-3-5-12-21(19)23;1-18(30)31-28-24-14-7-17-29(24)26-22-12-5-3-9-20(22)15-16-25(26)32-27(28)23-13-6-10-19-8-2-4-11-21(19)23;1-3-15-24(2)23(26)28-22-19-13-9-16-25(19)18-12-7-8-14-20(18)27-21(22)17-10-5-4-6-11-17/h2*3-18H,1-2H3;2-17H,1H3;4-14,16H,3,15H2,1-2H3. The van der Waals surface area contributed by atoms with Crippen LogP contribution in [0.15, 0.2) is 365 Å². The van der Waals surface area contributed by atoms with Gasteiger partial charge in [0.25, 0.3) is 0 Å². The molecule has 0 spiro atoms. The monoisotopic (exact) mass is 1680 g/mol. The highest BCUT2D eigenvalue weighted by Gasteiger charge is 2.35. The van der Waals surface area contributed by atoms with Crippen LogP contribution in [0.3, 0.4) is 0 Å². The number of carbonyl (C=O) groups excluding carboxylic acids is 4. The van der Waals surface area contributed by atoms with Gasteiger partial charge in [0, 0.05) is 112 Å². The summed E-state index contributed by atoms with van der Waals surface area (Å²) in [6.45, 7) is 4.05. The van der Waals surface area contributed by atoms with Gasteiger partial charge in [0.15, 0.2) is 69.1 Å². The largest absolute Gasteiger partial charge is 0.451 e. The number of esters is 1. The van der Waals surface area contributed by atoms with Gasteiger partial charge in [-0.15, -0.1) is 0 Å². The Morgan fingerprint density at radius 3 is 1.09 bits per heavy atom. The van der Waals surface area contributed by atoms with Crippen LogP contribution in [0.1, 0.15) is 65.3 Å². The molecule has 0 radical (unpaired) electrons. The SMILES string of the molecule is CC(=O)OC1=C(c2cccc3ccccc23)Oc2ccc3ccccc3c2-n2cccc21.CCCN(C)C(=O)OC1=C(c2ccccc2)Oc2ccccc2-n2cccc21.CN(C)C(=O)OC1=C(c2cccc3ccccc23)Oc2c(ccc3ccccc23)-n2cccc21.CN(C)C(=O)OC1=C(c2cccc3ccccc23)Oc2ccc3ccccc3c2-n2cccc21. The van der Waals surface area contributed by atoms with Crippen molar-refractivity contribution in [3.05, 3.63) is 410 Å². The minimum atomic E-state index is -0.472. The Morgan fingerprint density at radius 2 is 0.633 bits per heavy atom. The fourth-order valence-corrected chi connectivity index (χ4v) is 16.6. The van der Waals surface area contributed by atoms with E-state index >= 15 is 0 Å². The number of hydrogen-bond acceptors (Lipinski definition) is 12. The molecule has 0 saturated heterocycles. The molecule has 18 aromatic rings. The zero-order valence-corrected chi connectivity index (χ0v) is 71.1. The molecule has 0 saturated carbocycles. The van der Waals surface area contributed by atoms with E-state index in [9.17, 15) is 19.2 Å². The average Bonchev–Trinajstić information content (AvgIpc) is 1.61. The van der Waals surface area contributed by atoms with Crippen molar-refractivity contribution in [2.75, 3.05) is 41.8 Å². The van der Waals surface area contributed by atoms with Gasteiger partial charge in [-0.25, -0.2) is 14.4 Å². The van der Waals surface area contributed by atoms with Crippen LogP contribution in [0.25, 0.3) is 133 Å². The van der Waals surface area contributed by atoms with Crippen LogP contribution in [0.4, 0.5) is 14.4 Å². The summed E-state index contributed by atoms with van der Waals surface area (Å²) in [6.07, 6.45) is 7.34. The maximum atomic E-state index is 12.8. The second-order valence-corrected chi connectivity index (χ2v) is 31.3. The third kappa shape index (κ3) is 15.4. The quantitative estimate of drug-likeness (QED) is 0.0939. The summed E-state index contributed by atoms with van der Waals surface area (Å²) >= 11 is 0. The van der Waals surface area contributed by atoms with E-state index in [4.69, 9.17) is 37.9 Å². The predicted octanol–water partition coefficient (Wildman–Crippen LogP) is 25.1. The van der Waals surface area contributed by atoms with E-state index < -0.39 is 24.2 Å². The minimum absolute atomic E-state index is 0.375. The summed E-state index contributed by atoms with van der Waals surface area (Å²) in [6, 6.07) is 112. The lowest BCUT2D eigenvalue weighted by molar-refractivity contribution is -0.134. The maximum absolute atomic E-state index is 12.8. The van der Waals surface area contributed by atoms with Crippen molar-refractivity contribution in [2.45, 2.75) is 20.3 Å². The van der Waals surface area contributed by atoms with Gasteiger partial charge >= 0.3 is 24.2 Å². The third-order valence-corrected chi connectivity index (χ3v) is 22.6. The van der Waals surface area contributed by atoms with Crippen LogP contribution in [-0.4, -0.2) is 99.0 Å². The number of fused-ring (bicyclic) bond motifs is 21. The number of nitrogens with zero attached hydrogens (tertiary/aromatic N) is 7. The lowest BCUT2D eigenvalue weighted by Gasteiger charge is -2.19. The van der Waals surface area contributed by atoms with Gasteiger partial charge in [-0.05, 0) is 134 Å². The van der Waals surface area contributed by atoms with Crippen molar-refractivity contribution in [1.29, 1.82) is 0 Å². The molecule has 0 fully saturated rings. The second kappa shape index (κ2) is 34.8. The number of aromatic nitrogens is 4. The van der Waals surface area contributed by atoms with E-state index in [1.165, 1.54) is 16.7 Å². The number of rotatable bonds is 10. The normalized spacial score (nSPS) is 12.6. The van der Waals surface area contributed by atoms with Crippen molar-refractivity contribution in [3.63, 3.8) is 0 Å². The van der Waals surface area contributed by atoms with Gasteiger partial charge in [-0.3, -0.25) is 4.79 Å². The Bertz CT molecular complexity index is 7550. The van der Waals surface area contributed by atoms with Crippen molar-refractivity contribution in [2.24, 2.45) is 0 Å². The van der Waals surface area contributed by atoms with Gasteiger partial charge in [0.2, 0.25) is 0 Å². The van der Waals surface area contributed by atoms with Crippen molar-refractivity contribution < 1.29 is 57.1 Å². The summed E-state index contributed by atoms with van der Waals surface area (Å²) in [7, 11) is 8.40. The number of amides is 3. The number of benzene rings is 14. The number of ether oxygens (including phenoxy) is 8. The van der Waals surface area contributed by atoms with Gasteiger partial charge in [0.05, 0.1) is 45.5 Å². The van der Waals surface area contributed by atoms with Crippen LogP contribution in [0.5, 0.6) is 23.0 Å². The first-order valence-electron chi connectivity index (χ1n) is 42.1. The number of para-hydroxylation sites is 2. The molecule has 0 bridgehead atoms. The summed E-state index contributed by atoms with van der Waals surface area (Å²) in [5.41, 5.74) is 10.0. The Hall–Kier alpha value is -16.8. The number of hydrogen-bond donors (Lipinski definition) is 0. The molecule has 4 aliphatic heterocycles. The summed E-state index contributed by atoms with van der Waals surface area (Å²) in [5.74, 6) is 6.00. The smallest absolute Gasteiger partial charge is 0.415 e. The topological polar surface area (TPSA) is 172 Å². The lowest BCUT2D eigenvalue weighted by atomic mass is 10.0. The molecule has 8 heterocycles. The third-order valence-electron chi connectivity index (χ3n) is 22.6. The minimum Gasteiger partial charge on any atom is -0.451 e. The molecule has 4 aromatic heterocycles. The highest BCUT2D eigenvalue weighted by Crippen LogP contribution is 2.49. The van der Waals surface area contributed by atoms with E-state index in [0.29, 0.717) is 69.9 Å². The maximum Gasteiger partial charge on any atom is 0.415 e. The molecule has 4 aliphatic rings. The molecule has 128 heavy (non-hydrogen) atoms. The summed E-state index contributed by atoms with van der Waals surface area (Å²) in [5, 5.41) is 12.7. The molecule has 0 aliphatic carbocycles. The fourth-order valence-electron chi connectivity index (χ4n) is 16.6. The van der Waals surface area contributed by atoms with E-state index in [1.54, 1.807) is 40.1 Å². The highest BCUT2D eigenvalue weighted by molar-refractivity contribution is 6.07. The molecule has 3 amide bonds. The van der Waals surface area contributed by atoms with Crippen LogP contribution in [-0.2, 0) is 23.7 Å². The van der Waals surface area contributed by atoms with E-state index in [-0.39, 0.29) is 0 Å². The van der Waals surface area contributed by atoms with E-state index in [1.807, 2.05) is 281 Å². The molecule has 14 aromatic carbocycles. The zero-order valence-electron chi connectivity index (χ0n) is 71.1. The molecule has 22 rings (SSSR count). The first kappa shape index (κ1) is 80.9. The van der Waals surface area contributed by atoms with Gasteiger partial charge in [0.1, 0.15) is 0 Å². The summed E-state index contributed by atoms with van der Waals surface area (Å²) < 4.78 is 58.1. The van der Waals surface area contributed by atoms with Gasteiger partial charge < -0.3 is 70.9 Å². The molecule has 0 atom stereocenters. The fraction of sp³-hybridized carbons (Fsp3) is 0.0826. The van der Waals surface area contributed by atoms with Crippen molar-refractivity contribution in [1.82, 2.24) is 33.0 Å². The molecule has 628 valence electrons. The van der Waals surface area contributed by atoms with Gasteiger partial charge in [-0.2, -0.15) is 0 Å². The number of carbonyl (C=O) groups is 4. The van der Waals surface area contributed by atoms with E-state index in [0.717, 1.165) is 145 Å². The Morgan fingerprint density at radius 1 is 0.289 bits per heavy atom. The molecular formula is C109H85N7O12. The lowest BCUT2D eigenvalue weighted by Crippen LogP contribution is -2.28. The average molecular weight is 1680 g/mol. The molecule has 19 heteroatoms. The Kier molecular flexibility index (Phi) is 22.0. The Labute approximate surface area is 738 Å². The van der Waals surface area contributed by atoms with Crippen LogP contribution >= 0.6 is 0 Å². The van der Waals surface area contributed by atoms with Crippen LogP contribution < -0.4 is 18.9 Å². The second-order valence-electron chi connectivity index (χ2n) is 31.3. The van der Waals surface area contributed by atoms with Crippen molar-refractivity contribution >= 4 is 135 Å². The molecule has 19 nitrogen and oxygen atoms in total. The van der Waals surface area contributed by atoms with E-state index in [2.05, 4.69) is 109 Å².